The Bertz CT molecular complexity index is 677. The number of aromatic nitrogens is 3. The van der Waals surface area contributed by atoms with Crippen molar-refractivity contribution in [3.8, 4) is 17.1 Å². The number of phenols is 1. The van der Waals surface area contributed by atoms with Crippen molar-refractivity contribution in [1.29, 1.82) is 0 Å². The van der Waals surface area contributed by atoms with E-state index in [0.717, 1.165) is 17.0 Å². The molecule has 0 bridgehead atoms. The van der Waals surface area contributed by atoms with Crippen LogP contribution in [0, 0.1) is 0 Å². The highest BCUT2D eigenvalue weighted by Gasteiger charge is 2.06. The molecule has 0 unspecified atom stereocenters. The van der Waals surface area contributed by atoms with Gasteiger partial charge >= 0.3 is 0 Å². The van der Waals surface area contributed by atoms with E-state index in [1.807, 2.05) is 35.0 Å². The number of phenolic OH excluding ortho intramolecular Hbond substituents is 1. The second-order valence-electron chi connectivity index (χ2n) is 4.29. The van der Waals surface area contributed by atoms with E-state index >= 15 is 0 Å². The fourth-order valence-electron chi connectivity index (χ4n) is 2.04. The van der Waals surface area contributed by atoms with Crippen LogP contribution in [0.4, 0.5) is 0 Å². The van der Waals surface area contributed by atoms with E-state index in [-0.39, 0.29) is 5.75 Å². The smallest absolute Gasteiger partial charge is 0.141 e. The molecule has 1 N–H and O–H groups in total. The third-order valence-electron chi connectivity index (χ3n) is 2.90. The van der Waals surface area contributed by atoms with Crippen molar-refractivity contribution in [3.63, 3.8) is 0 Å². The molecule has 0 radical (unpaired) electrons. The van der Waals surface area contributed by atoms with Gasteiger partial charge in [-0.3, -0.25) is 4.98 Å². The van der Waals surface area contributed by atoms with E-state index in [1.165, 1.54) is 0 Å². The van der Waals surface area contributed by atoms with Gasteiger partial charge in [-0.05, 0) is 29.8 Å². The Morgan fingerprint density at radius 2 is 2.05 bits per heavy atom. The lowest BCUT2D eigenvalue weighted by Crippen LogP contribution is -2.01. The van der Waals surface area contributed by atoms with Crippen molar-refractivity contribution in [3.05, 3.63) is 66.7 Å². The zero-order chi connectivity index (χ0) is 13.1. The highest BCUT2D eigenvalue weighted by molar-refractivity contribution is 5.53. The summed E-state index contributed by atoms with van der Waals surface area (Å²) in [5.74, 6) is 1.15. The second-order valence-corrected chi connectivity index (χ2v) is 4.29. The van der Waals surface area contributed by atoms with Gasteiger partial charge in [-0.25, -0.2) is 4.98 Å². The van der Waals surface area contributed by atoms with Crippen LogP contribution in [0.2, 0.25) is 0 Å². The molecule has 0 aliphatic heterocycles. The summed E-state index contributed by atoms with van der Waals surface area (Å²) in [5, 5.41) is 9.49. The summed E-state index contributed by atoms with van der Waals surface area (Å²) >= 11 is 0. The molecule has 94 valence electrons. The topological polar surface area (TPSA) is 50.9 Å². The first-order chi connectivity index (χ1) is 9.33. The van der Waals surface area contributed by atoms with Gasteiger partial charge in [-0.2, -0.15) is 0 Å². The summed E-state index contributed by atoms with van der Waals surface area (Å²) in [5.41, 5.74) is 2.01. The molecule has 0 aliphatic carbocycles. The molecule has 0 amide bonds. The largest absolute Gasteiger partial charge is 0.508 e. The van der Waals surface area contributed by atoms with Crippen LogP contribution in [-0.4, -0.2) is 19.6 Å². The zero-order valence-corrected chi connectivity index (χ0v) is 10.3. The summed E-state index contributed by atoms with van der Waals surface area (Å²) < 4.78 is 2.03. The third kappa shape index (κ3) is 2.47. The predicted molar refractivity (Wildman–Crippen MR) is 72.7 cm³/mol. The minimum atomic E-state index is 0.278. The Hall–Kier alpha value is -2.62. The van der Waals surface area contributed by atoms with Crippen LogP contribution in [0.5, 0.6) is 5.75 Å². The highest BCUT2D eigenvalue weighted by Crippen LogP contribution is 2.18. The molecule has 0 aliphatic rings. The van der Waals surface area contributed by atoms with Crippen LogP contribution in [-0.2, 0) is 6.54 Å². The molecule has 3 rings (SSSR count). The average Bonchev–Trinajstić information content (AvgIpc) is 2.88. The third-order valence-corrected chi connectivity index (χ3v) is 2.90. The van der Waals surface area contributed by atoms with Crippen molar-refractivity contribution >= 4 is 0 Å². The first-order valence-corrected chi connectivity index (χ1v) is 6.02. The SMILES string of the molecule is Oc1cccc(Cn2ccnc2-c2cccnc2)c1. The van der Waals surface area contributed by atoms with Crippen LogP contribution >= 0.6 is 0 Å². The Morgan fingerprint density at radius 1 is 1.11 bits per heavy atom. The predicted octanol–water partition coefficient (Wildman–Crippen LogP) is 2.70. The molecule has 2 heterocycles. The van der Waals surface area contributed by atoms with Gasteiger partial charge in [-0.1, -0.05) is 12.1 Å². The molecular weight excluding hydrogens is 238 g/mol. The molecular formula is C15H13N3O. The summed E-state index contributed by atoms with van der Waals surface area (Å²) in [6.07, 6.45) is 7.23. The molecule has 0 saturated carbocycles. The monoisotopic (exact) mass is 251 g/mol. The van der Waals surface area contributed by atoms with E-state index in [9.17, 15) is 5.11 Å². The normalized spacial score (nSPS) is 10.5. The first-order valence-electron chi connectivity index (χ1n) is 6.02. The van der Waals surface area contributed by atoms with Crippen molar-refractivity contribution in [1.82, 2.24) is 14.5 Å². The lowest BCUT2D eigenvalue weighted by Gasteiger charge is -2.08. The quantitative estimate of drug-likeness (QED) is 0.778. The van der Waals surface area contributed by atoms with E-state index in [4.69, 9.17) is 0 Å². The number of hydrogen-bond donors (Lipinski definition) is 1. The molecule has 0 atom stereocenters. The second kappa shape index (κ2) is 4.94. The fourth-order valence-corrected chi connectivity index (χ4v) is 2.04. The van der Waals surface area contributed by atoms with E-state index < -0.39 is 0 Å². The minimum Gasteiger partial charge on any atom is -0.508 e. The maximum atomic E-state index is 9.49. The van der Waals surface area contributed by atoms with E-state index in [2.05, 4.69) is 9.97 Å². The molecule has 4 heteroatoms. The number of rotatable bonds is 3. The van der Waals surface area contributed by atoms with Crippen LogP contribution < -0.4 is 0 Å². The first kappa shape index (κ1) is 11.5. The number of aromatic hydroxyl groups is 1. The van der Waals surface area contributed by atoms with Crippen molar-refractivity contribution in [2.75, 3.05) is 0 Å². The van der Waals surface area contributed by atoms with Crippen LogP contribution in [0.15, 0.2) is 61.2 Å². The minimum absolute atomic E-state index is 0.278. The molecule has 4 nitrogen and oxygen atoms in total. The van der Waals surface area contributed by atoms with Gasteiger partial charge in [-0.15, -0.1) is 0 Å². The van der Waals surface area contributed by atoms with Gasteiger partial charge in [0.1, 0.15) is 11.6 Å². The lowest BCUT2D eigenvalue weighted by atomic mass is 10.2. The van der Waals surface area contributed by atoms with Crippen molar-refractivity contribution in [2.24, 2.45) is 0 Å². The summed E-state index contributed by atoms with van der Waals surface area (Å²) in [7, 11) is 0. The fraction of sp³-hybridized carbons (Fsp3) is 0.0667. The standard InChI is InChI=1S/C15H13N3O/c19-14-5-1-3-12(9-14)11-18-8-7-17-15(18)13-4-2-6-16-10-13/h1-10,19H,11H2. The highest BCUT2D eigenvalue weighted by atomic mass is 16.3. The zero-order valence-electron chi connectivity index (χ0n) is 10.3. The van der Waals surface area contributed by atoms with Gasteiger partial charge in [0.15, 0.2) is 0 Å². The molecule has 0 fully saturated rings. The van der Waals surface area contributed by atoms with Crippen molar-refractivity contribution < 1.29 is 5.11 Å². The summed E-state index contributed by atoms with van der Waals surface area (Å²) in [6.45, 7) is 0.665. The van der Waals surface area contributed by atoms with Gasteiger partial charge in [0, 0.05) is 36.9 Å². The van der Waals surface area contributed by atoms with E-state index in [1.54, 1.807) is 30.7 Å². The van der Waals surface area contributed by atoms with Crippen LogP contribution in [0.25, 0.3) is 11.4 Å². The van der Waals surface area contributed by atoms with Gasteiger partial charge in [0.2, 0.25) is 0 Å². The number of nitrogens with zero attached hydrogens (tertiary/aromatic N) is 3. The Balaban J connectivity index is 1.93. The average molecular weight is 251 g/mol. The Morgan fingerprint density at radius 3 is 2.84 bits per heavy atom. The number of benzene rings is 1. The molecule has 0 spiro atoms. The van der Waals surface area contributed by atoms with Gasteiger partial charge in [0.25, 0.3) is 0 Å². The summed E-state index contributed by atoms with van der Waals surface area (Å²) in [6, 6.07) is 11.1. The Labute approximate surface area is 111 Å². The van der Waals surface area contributed by atoms with Gasteiger partial charge < -0.3 is 9.67 Å². The molecule has 0 saturated heterocycles. The molecule has 19 heavy (non-hydrogen) atoms. The maximum absolute atomic E-state index is 9.49. The van der Waals surface area contributed by atoms with E-state index in [0.29, 0.717) is 6.54 Å². The van der Waals surface area contributed by atoms with Crippen LogP contribution in [0.1, 0.15) is 5.56 Å². The molecule has 1 aromatic carbocycles. The Kier molecular flexibility index (Phi) is 2.98. The number of hydrogen-bond acceptors (Lipinski definition) is 3. The molecule has 3 aromatic rings. The van der Waals surface area contributed by atoms with Crippen molar-refractivity contribution in [2.45, 2.75) is 6.54 Å². The number of imidazole rings is 1. The maximum Gasteiger partial charge on any atom is 0.141 e. The van der Waals surface area contributed by atoms with Crippen LogP contribution in [0.3, 0.4) is 0 Å². The number of pyridine rings is 1. The summed E-state index contributed by atoms with van der Waals surface area (Å²) in [4.78, 5) is 8.48. The lowest BCUT2D eigenvalue weighted by molar-refractivity contribution is 0.474. The van der Waals surface area contributed by atoms with Gasteiger partial charge in [0.05, 0.1) is 0 Å². The molecule has 2 aromatic heterocycles.